The van der Waals surface area contributed by atoms with Crippen molar-refractivity contribution in [2.75, 3.05) is 5.32 Å². The molecule has 2 aliphatic rings. The van der Waals surface area contributed by atoms with Crippen molar-refractivity contribution in [3.63, 3.8) is 0 Å². The molecule has 1 amide bonds. The summed E-state index contributed by atoms with van der Waals surface area (Å²) in [6.45, 7) is 2.12. The molecule has 3 heteroatoms. The Morgan fingerprint density at radius 2 is 1.95 bits per heavy atom. The van der Waals surface area contributed by atoms with Crippen molar-refractivity contribution in [2.45, 2.75) is 57.9 Å². The molecule has 108 valence electrons. The van der Waals surface area contributed by atoms with Crippen molar-refractivity contribution in [3.05, 3.63) is 28.8 Å². The van der Waals surface area contributed by atoms with Gasteiger partial charge in [0.2, 0.25) is 5.91 Å². The van der Waals surface area contributed by atoms with Gasteiger partial charge in [0.05, 0.1) is 0 Å². The van der Waals surface area contributed by atoms with Gasteiger partial charge in [-0.1, -0.05) is 37.0 Å². The molecule has 1 aliphatic heterocycles. The molecule has 0 aromatic heterocycles. The minimum Gasteiger partial charge on any atom is -0.326 e. The van der Waals surface area contributed by atoms with Crippen LogP contribution in [0.3, 0.4) is 0 Å². The van der Waals surface area contributed by atoms with Gasteiger partial charge in [0.15, 0.2) is 0 Å². The van der Waals surface area contributed by atoms with Crippen LogP contribution in [0.1, 0.15) is 61.3 Å². The molecular formula is C17H24N2O. The fourth-order valence-corrected chi connectivity index (χ4v) is 3.70. The van der Waals surface area contributed by atoms with Crippen LogP contribution < -0.4 is 11.1 Å². The van der Waals surface area contributed by atoms with Gasteiger partial charge in [-0.2, -0.15) is 0 Å². The Bertz CT molecular complexity index is 518. The number of hydrogen-bond donors (Lipinski definition) is 2. The van der Waals surface area contributed by atoms with E-state index in [4.69, 9.17) is 5.73 Å². The highest BCUT2D eigenvalue weighted by molar-refractivity contribution is 5.95. The van der Waals surface area contributed by atoms with Crippen LogP contribution >= 0.6 is 0 Å². The lowest BCUT2D eigenvalue weighted by molar-refractivity contribution is -0.116. The lowest BCUT2D eigenvalue weighted by Gasteiger charge is -2.31. The van der Waals surface area contributed by atoms with Crippen molar-refractivity contribution in [1.82, 2.24) is 0 Å². The van der Waals surface area contributed by atoms with Crippen LogP contribution in [0.2, 0.25) is 0 Å². The molecule has 3 rings (SSSR count). The first-order valence-corrected chi connectivity index (χ1v) is 7.84. The SMILES string of the molecule is Cc1cc2c(c(C(N)C3CCCCC3)c1)NC(=O)CC2. The van der Waals surface area contributed by atoms with Gasteiger partial charge in [0.1, 0.15) is 0 Å². The first-order valence-electron chi connectivity index (χ1n) is 7.84. The number of carbonyl (C=O) groups is 1. The van der Waals surface area contributed by atoms with E-state index in [0.717, 1.165) is 17.7 Å². The standard InChI is InChI=1S/C17H24N2O/c1-11-9-13-7-8-15(20)19-17(13)14(10-11)16(18)12-5-3-2-4-6-12/h9-10,12,16H,2-8,18H2,1H3,(H,19,20). The highest BCUT2D eigenvalue weighted by atomic mass is 16.1. The molecule has 0 bridgehead atoms. The topological polar surface area (TPSA) is 55.1 Å². The van der Waals surface area contributed by atoms with Gasteiger partial charge in [0.25, 0.3) is 0 Å². The summed E-state index contributed by atoms with van der Waals surface area (Å²) in [6.07, 6.45) is 7.79. The molecule has 1 fully saturated rings. The van der Waals surface area contributed by atoms with E-state index in [9.17, 15) is 4.79 Å². The normalized spacial score (nSPS) is 21.2. The molecule has 0 spiro atoms. The largest absolute Gasteiger partial charge is 0.326 e. The minimum atomic E-state index is 0.0577. The molecular weight excluding hydrogens is 248 g/mol. The summed E-state index contributed by atoms with van der Waals surface area (Å²) in [4.78, 5) is 11.7. The third kappa shape index (κ3) is 2.59. The van der Waals surface area contributed by atoms with E-state index in [0.29, 0.717) is 12.3 Å². The van der Waals surface area contributed by atoms with Crippen molar-refractivity contribution >= 4 is 11.6 Å². The second-order valence-electron chi connectivity index (χ2n) is 6.36. The average Bonchev–Trinajstić information content (AvgIpc) is 2.47. The number of rotatable bonds is 2. The van der Waals surface area contributed by atoms with Gasteiger partial charge in [-0.05, 0) is 43.2 Å². The molecule has 1 aromatic rings. The van der Waals surface area contributed by atoms with Crippen molar-refractivity contribution in [3.8, 4) is 0 Å². The number of hydrogen-bond acceptors (Lipinski definition) is 2. The monoisotopic (exact) mass is 272 g/mol. The average molecular weight is 272 g/mol. The maximum atomic E-state index is 11.7. The lowest BCUT2D eigenvalue weighted by Crippen LogP contribution is -2.27. The molecule has 1 aliphatic carbocycles. The van der Waals surface area contributed by atoms with Gasteiger partial charge in [-0.25, -0.2) is 0 Å². The molecule has 3 nitrogen and oxygen atoms in total. The second kappa shape index (κ2) is 5.57. The van der Waals surface area contributed by atoms with E-state index in [1.807, 2.05) is 0 Å². The predicted octanol–water partition coefficient (Wildman–Crippen LogP) is 3.46. The summed E-state index contributed by atoms with van der Waals surface area (Å²) in [7, 11) is 0. The lowest BCUT2D eigenvalue weighted by atomic mass is 9.80. The summed E-state index contributed by atoms with van der Waals surface area (Å²) in [6, 6.07) is 4.41. The van der Waals surface area contributed by atoms with Crippen LogP contribution in [0, 0.1) is 12.8 Å². The Labute approximate surface area is 120 Å². The fraction of sp³-hybridized carbons (Fsp3) is 0.588. The zero-order chi connectivity index (χ0) is 14.1. The Balaban J connectivity index is 1.95. The van der Waals surface area contributed by atoms with E-state index in [1.54, 1.807) is 0 Å². The van der Waals surface area contributed by atoms with Crippen molar-refractivity contribution < 1.29 is 4.79 Å². The number of nitrogens with two attached hydrogens (primary N) is 1. The fourth-order valence-electron chi connectivity index (χ4n) is 3.70. The van der Waals surface area contributed by atoms with Gasteiger partial charge in [-0.3, -0.25) is 4.79 Å². The third-order valence-corrected chi connectivity index (χ3v) is 4.80. The maximum Gasteiger partial charge on any atom is 0.224 e. The molecule has 1 atom stereocenters. The van der Waals surface area contributed by atoms with E-state index >= 15 is 0 Å². The van der Waals surface area contributed by atoms with Gasteiger partial charge >= 0.3 is 0 Å². The Hall–Kier alpha value is -1.35. The van der Waals surface area contributed by atoms with Crippen LogP contribution in [0.15, 0.2) is 12.1 Å². The van der Waals surface area contributed by atoms with Gasteiger partial charge < -0.3 is 11.1 Å². The Kier molecular flexibility index (Phi) is 3.79. The summed E-state index contributed by atoms with van der Waals surface area (Å²) >= 11 is 0. The van der Waals surface area contributed by atoms with Crippen LogP contribution in [-0.4, -0.2) is 5.91 Å². The zero-order valence-electron chi connectivity index (χ0n) is 12.2. The molecule has 0 saturated heterocycles. The maximum absolute atomic E-state index is 11.7. The number of benzene rings is 1. The minimum absolute atomic E-state index is 0.0577. The number of carbonyl (C=O) groups excluding carboxylic acids is 1. The molecule has 3 N–H and O–H groups in total. The molecule has 1 heterocycles. The van der Waals surface area contributed by atoms with Gasteiger partial charge in [-0.15, -0.1) is 0 Å². The van der Waals surface area contributed by atoms with E-state index in [2.05, 4.69) is 24.4 Å². The van der Waals surface area contributed by atoms with Gasteiger partial charge in [0, 0.05) is 18.2 Å². The van der Waals surface area contributed by atoms with Crippen molar-refractivity contribution in [1.29, 1.82) is 0 Å². The highest BCUT2D eigenvalue weighted by Gasteiger charge is 2.27. The second-order valence-corrected chi connectivity index (χ2v) is 6.36. The summed E-state index contributed by atoms with van der Waals surface area (Å²) in [5, 5.41) is 3.06. The number of aryl methyl sites for hydroxylation is 2. The molecule has 1 saturated carbocycles. The first kappa shape index (κ1) is 13.6. The predicted molar refractivity (Wildman–Crippen MR) is 81.6 cm³/mol. The van der Waals surface area contributed by atoms with E-state index < -0.39 is 0 Å². The molecule has 1 aromatic carbocycles. The van der Waals surface area contributed by atoms with Crippen LogP contribution in [0.4, 0.5) is 5.69 Å². The van der Waals surface area contributed by atoms with E-state index in [1.165, 1.54) is 43.2 Å². The summed E-state index contributed by atoms with van der Waals surface area (Å²) in [5.74, 6) is 0.687. The van der Waals surface area contributed by atoms with Crippen LogP contribution in [0.25, 0.3) is 0 Å². The molecule has 20 heavy (non-hydrogen) atoms. The van der Waals surface area contributed by atoms with Crippen LogP contribution in [0.5, 0.6) is 0 Å². The quantitative estimate of drug-likeness (QED) is 0.866. The van der Waals surface area contributed by atoms with Crippen molar-refractivity contribution in [2.24, 2.45) is 11.7 Å². The molecule has 0 radical (unpaired) electrons. The Morgan fingerprint density at radius 3 is 2.70 bits per heavy atom. The molecule has 1 unspecified atom stereocenters. The summed E-state index contributed by atoms with van der Waals surface area (Å²) in [5.41, 5.74) is 11.2. The number of fused-ring (bicyclic) bond motifs is 1. The van der Waals surface area contributed by atoms with E-state index in [-0.39, 0.29) is 11.9 Å². The highest BCUT2D eigenvalue weighted by Crippen LogP contribution is 2.38. The third-order valence-electron chi connectivity index (χ3n) is 4.80. The summed E-state index contributed by atoms with van der Waals surface area (Å²) < 4.78 is 0. The Morgan fingerprint density at radius 1 is 1.20 bits per heavy atom. The smallest absolute Gasteiger partial charge is 0.224 e. The van der Waals surface area contributed by atoms with Crippen LogP contribution in [-0.2, 0) is 11.2 Å². The zero-order valence-corrected chi connectivity index (χ0v) is 12.2. The number of nitrogens with one attached hydrogen (secondary N) is 1. The number of anilines is 1. The number of amides is 1. The first-order chi connectivity index (χ1) is 9.65.